The van der Waals surface area contributed by atoms with Crippen LogP contribution in [-0.4, -0.2) is 53.5 Å². The summed E-state index contributed by atoms with van der Waals surface area (Å²) in [5.41, 5.74) is 2.24. The van der Waals surface area contributed by atoms with Crippen LogP contribution in [0, 0.1) is 0 Å². The molecule has 4 rings (SSSR count). The van der Waals surface area contributed by atoms with Gasteiger partial charge in [-0.25, -0.2) is 4.98 Å². The molecule has 2 heterocycles. The Bertz CT molecular complexity index is 1040. The minimum atomic E-state index is -0.0465. The molecule has 0 radical (unpaired) electrons. The third-order valence-electron chi connectivity index (χ3n) is 5.92. The second-order valence-corrected chi connectivity index (χ2v) is 9.56. The Labute approximate surface area is 196 Å². The molecule has 1 amide bonds. The van der Waals surface area contributed by atoms with Crippen molar-refractivity contribution >= 4 is 5.91 Å². The maximum absolute atomic E-state index is 12.7. The number of nitrogens with zero attached hydrogens (tertiary/aromatic N) is 3. The first-order chi connectivity index (χ1) is 15.9. The van der Waals surface area contributed by atoms with Gasteiger partial charge in [-0.1, -0.05) is 63.2 Å². The molecule has 0 bridgehead atoms. The van der Waals surface area contributed by atoms with Crippen molar-refractivity contribution in [3.8, 4) is 16.9 Å². The molecule has 0 atom stereocenters. The fraction of sp³-hybridized carbons (Fsp3) is 0.407. The molecule has 0 saturated carbocycles. The smallest absolute Gasteiger partial charge is 0.260 e. The Hall–Kier alpha value is -3.12. The highest BCUT2D eigenvalue weighted by atomic mass is 16.5. The van der Waals surface area contributed by atoms with Gasteiger partial charge in [-0.15, -0.1) is 0 Å². The highest BCUT2D eigenvalue weighted by Crippen LogP contribution is 2.24. The van der Waals surface area contributed by atoms with Gasteiger partial charge >= 0.3 is 0 Å². The summed E-state index contributed by atoms with van der Waals surface area (Å²) in [5, 5.41) is 0. The zero-order valence-electron chi connectivity index (χ0n) is 19.8. The van der Waals surface area contributed by atoms with Crippen LogP contribution in [0.1, 0.15) is 38.8 Å². The van der Waals surface area contributed by atoms with Crippen LogP contribution in [0.4, 0.5) is 0 Å². The number of oxazole rings is 1. The topological polar surface area (TPSA) is 58.8 Å². The molecule has 0 unspecified atom stereocenters. The molecular weight excluding hydrogens is 414 g/mol. The lowest BCUT2D eigenvalue weighted by molar-refractivity contribution is -0.133. The van der Waals surface area contributed by atoms with E-state index in [1.165, 1.54) is 0 Å². The fourth-order valence-electron chi connectivity index (χ4n) is 3.91. The van der Waals surface area contributed by atoms with Gasteiger partial charge in [-0.3, -0.25) is 9.69 Å². The average molecular weight is 448 g/mol. The van der Waals surface area contributed by atoms with Gasteiger partial charge in [0.1, 0.15) is 11.5 Å². The molecule has 1 fully saturated rings. The largest absolute Gasteiger partial charge is 0.484 e. The second-order valence-electron chi connectivity index (χ2n) is 9.56. The van der Waals surface area contributed by atoms with E-state index >= 15 is 0 Å². The van der Waals surface area contributed by atoms with Gasteiger partial charge in [0, 0.05) is 31.6 Å². The molecule has 1 saturated heterocycles. The van der Waals surface area contributed by atoms with E-state index in [4.69, 9.17) is 9.15 Å². The lowest BCUT2D eigenvalue weighted by atomic mass is 9.94. The third kappa shape index (κ3) is 6.23. The molecule has 6 nitrogen and oxygen atoms in total. The SMILES string of the molecule is CC(C)(C)c1cnc(CN2CCCN(C(=O)COc3ccc(-c4ccccc4)cc3)CC2)o1. The van der Waals surface area contributed by atoms with Crippen LogP contribution >= 0.6 is 0 Å². The molecule has 2 aromatic carbocycles. The number of rotatable bonds is 6. The van der Waals surface area contributed by atoms with E-state index < -0.39 is 0 Å². The number of carbonyl (C=O) groups excluding carboxylic acids is 1. The van der Waals surface area contributed by atoms with Crippen LogP contribution in [0.3, 0.4) is 0 Å². The first-order valence-electron chi connectivity index (χ1n) is 11.6. The van der Waals surface area contributed by atoms with Crippen LogP contribution < -0.4 is 4.74 Å². The molecule has 0 N–H and O–H groups in total. The van der Waals surface area contributed by atoms with Crippen LogP contribution in [0.5, 0.6) is 5.75 Å². The van der Waals surface area contributed by atoms with Crippen molar-refractivity contribution < 1.29 is 13.9 Å². The number of benzene rings is 2. The lowest BCUT2D eigenvalue weighted by Gasteiger charge is -2.21. The lowest BCUT2D eigenvalue weighted by Crippen LogP contribution is -2.38. The van der Waals surface area contributed by atoms with Crippen LogP contribution in [0.15, 0.2) is 65.2 Å². The first kappa shape index (κ1) is 23.1. The van der Waals surface area contributed by atoms with E-state index in [9.17, 15) is 4.79 Å². The van der Waals surface area contributed by atoms with Gasteiger partial charge in [-0.05, 0) is 29.7 Å². The summed E-state index contributed by atoms with van der Waals surface area (Å²) in [6.45, 7) is 10.2. The summed E-state index contributed by atoms with van der Waals surface area (Å²) in [7, 11) is 0. The van der Waals surface area contributed by atoms with Gasteiger partial charge in [0.25, 0.3) is 5.91 Å². The number of carbonyl (C=O) groups is 1. The van der Waals surface area contributed by atoms with E-state index in [1.54, 1.807) is 0 Å². The average Bonchev–Trinajstić information content (AvgIpc) is 3.17. The molecule has 0 spiro atoms. The van der Waals surface area contributed by atoms with E-state index in [0.717, 1.165) is 48.8 Å². The quantitative estimate of drug-likeness (QED) is 0.546. The molecule has 6 heteroatoms. The molecule has 0 aliphatic carbocycles. The Morgan fingerprint density at radius 3 is 2.39 bits per heavy atom. The zero-order valence-corrected chi connectivity index (χ0v) is 19.8. The highest BCUT2D eigenvalue weighted by Gasteiger charge is 2.23. The van der Waals surface area contributed by atoms with Crippen molar-refractivity contribution in [2.24, 2.45) is 0 Å². The van der Waals surface area contributed by atoms with Crippen molar-refractivity contribution in [1.29, 1.82) is 0 Å². The van der Waals surface area contributed by atoms with Gasteiger partial charge in [0.15, 0.2) is 6.61 Å². The Kier molecular flexibility index (Phi) is 7.14. The first-order valence-corrected chi connectivity index (χ1v) is 11.6. The number of ether oxygens (including phenoxy) is 1. The minimum absolute atomic E-state index is 0.0233. The Balaban J connectivity index is 1.25. The monoisotopic (exact) mass is 447 g/mol. The summed E-state index contributed by atoms with van der Waals surface area (Å²) in [6.07, 6.45) is 2.75. The standard InChI is InChI=1S/C27H33N3O3/c1-27(2,3)24-18-28-25(33-24)19-29-14-7-15-30(17-16-29)26(31)20-32-23-12-10-22(11-13-23)21-8-5-4-6-9-21/h4-6,8-13,18H,7,14-17,19-20H2,1-3H3. The second kappa shape index (κ2) is 10.2. The van der Waals surface area contributed by atoms with Crippen molar-refractivity contribution in [2.75, 3.05) is 32.8 Å². The van der Waals surface area contributed by atoms with E-state index in [-0.39, 0.29) is 17.9 Å². The van der Waals surface area contributed by atoms with Crippen molar-refractivity contribution in [3.63, 3.8) is 0 Å². The van der Waals surface area contributed by atoms with Crippen LogP contribution in [0.25, 0.3) is 11.1 Å². The normalized spacial score (nSPS) is 15.3. The minimum Gasteiger partial charge on any atom is -0.484 e. The summed E-state index contributed by atoms with van der Waals surface area (Å²) in [5.74, 6) is 2.37. The van der Waals surface area contributed by atoms with Crippen molar-refractivity contribution in [3.05, 3.63) is 72.4 Å². The molecule has 1 aromatic heterocycles. The summed E-state index contributed by atoms with van der Waals surface area (Å²) < 4.78 is 11.7. The van der Waals surface area contributed by atoms with E-state index in [0.29, 0.717) is 18.8 Å². The molecule has 174 valence electrons. The van der Waals surface area contributed by atoms with E-state index in [2.05, 4.69) is 42.8 Å². The van der Waals surface area contributed by atoms with Gasteiger partial charge in [-0.2, -0.15) is 0 Å². The fourth-order valence-corrected chi connectivity index (χ4v) is 3.91. The Morgan fingerprint density at radius 2 is 1.70 bits per heavy atom. The maximum atomic E-state index is 12.7. The van der Waals surface area contributed by atoms with Crippen molar-refractivity contribution in [1.82, 2.24) is 14.8 Å². The molecular formula is C27H33N3O3. The molecule has 3 aromatic rings. The predicted octanol–water partition coefficient (Wildman–Crippen LogP) is 4.75. The predicted molar refractivity (Wildman–Crippen MR) is 129 cm³/mol. The zero-order chi connectivity index (χ0) is 23.3. The maximum Gasteiger partial charge on any atom is 0.260 e. The molecule has 1 aliphatic rings. The highest BCUT2D eigenvalue weighted by molar-refractivity contribution is 5.77. The summed E-state index contributed by atoms with van der Waals surface area (Å²) in [4.78, 5) is 21.4. The van der Waals surface area contributed by atoms with Crippen LogP contribution in [0.2, 0.25) is 0 Å². The van der Waals surface area contributed by atoms with E-state index in [1.807, 2.05) is 53.6 Å². The van der Waals surface area contributed by atoms with Gasteiger partial charge < -0.3 is 14.1 Å². The molecule has 1 aliphatic heterocycles. The number of amides is 1. The third-order valence-corrected chi connectivity index (χ3v) is 5.92. The number of aromatic nitrogens is 1. The van der Waals surface area contributed by atoms with Gasteiger partial charge in [0.05, 0.1) is 12.7 Å². The van der Waals surface area contributed by atoms with Gasteiger partial charge in [0.2, 0.25) is 5.89 Å². The Morgan fingerprint density at radius 1 is 0.970 bits per heavy atom. The van der Waals surface area contributed by atoms with Crippen molar-refractivity contribution in [2.45, 2.75) is 39.2 Å². The summed E-state index contributed by atoms with van der Waals surface area (Å²) >= 11 is 0. The number of hydrogen-bond acceptors (Lipinski definition) is 5. The summed E-state index contributed by atoms with van der Waals surface area (Å²) in [6, 6.07) is 18.1. The molecule has 33 heavy (non-hydrogen) atoms. The number of hydrogen-bond donors (Lipinski definition) is 0. The van der Waals surface area contributed by atoms with Crippen LogP contribution in [-0.2, 0) is 16.8 Å².